The summed E-state index contributed by atoms with van der Waals surface area (Å²) in [5.41, 5.74) is 0. The molecule has 0 unspecified atom stereocenters. The van der Waals surface area contributed by atoms with E-state index in [1.54, 1.807) is 0 Å². The highest BCUT2D eigenvalue weighted by molar-refractivity contribution is 7.75. The molecule has 0 bridgehead atoms. The summed E-state index contributed by atoms with van der Waals surface area (Å²) < 4.78 is 38.6. The van der Waals surface area contributed by atoms with E-state index in [9.17, 15) is 13.2 Å². The lowest BCUT2D eigenvalue weighted by Gasteiger charge is -2.28. The van der Waals surface area contributed by atoms with Gasteiger partial charge in [0.15, 0.2) is 6.16 Å². The minimum Gasteiger partial charge on any atom is -0.167 e. The van der Waals surface area contributed by atoms with Gasteiger partial charge in [-0.2, -0.15) is 13.2 Å². The van der Waals surface area contributed by atoms with Crippen LogP contribution in [0.5, 0.6) is 0 Å². The highest BCUT2D eigenvalue weighted by Gasteiger charge is 2.46. The zero-order chi connectivity index (χ0) is 14.1. The minimum absolute atomic E-state index is 0.472. The first-order chi connectivity index (χ1) is 8.39. The Morgan fingerprint density at radius 2 is 1.06 bits per heavy atom. The summed E-state index contributed by atoms with van der Waals surface area (Å²) in [5.74, 6) is 0. The molecule has 0 aliphatic rings. The Balaban J connectivity index is 4.73. The number of halogens is 3. The summed E-state index contributed by atoms with van der Waals surface area (Å²) in [6.07, 6.45) is 4.05. The highest BCUT2D eigenvalue weighted by atomic mass is 31.2. The summed E-state index contributed by atoms with van der Waals surface area (Å²) in [6, 6.07) is 0. The Labute approximate surface area is 111 Å². The van der Waals surface area contributed by atoms with Gasteiger partial charge in [-0.25, -0.2) is 0 Å². The summed E-state index contributed by atoms with van der Waals surface area (Å²) in [6.45, 7) is 6.21. The van der Waals surface area contributed by atoms with Crippen LogP contribution in [0, 0.1) is 0 Å². The van der Waals surface area contributed by atoms with Gasteiger partial charge in [0.05, 0.1) is 18.5 Å². The van der Waals surface area contributed by atoms with Crippen molar-refractivity contribution in [3.8, 4) is 0 Å². The molecule has 0 saturated carbocycles. The van der Waals surface area contributed by atoms with Gasteiger partial charge in [-0.05, 0) is 19.3 Å². The molecule has 0 fully saturated rings. The second kappa shape index (κ2) is 9.18. The molecule has 0 aromatic carbocycles. The van der Waals surface area contributed by atoms with Crippen LogP contribution < -0.4 is 0 Å². The fourth-order valence-electron chi connectivity index (χ4n) is 2.43. The van der Waals surface area contributed by atoms with Crippen LogP contribution in [0.25, 0.3) is 0 Å². The molecule has 0 N–H and O–H groups in total. The molecule has 110 valence electrons. The number of rotatable bonds is 10. The number of unbranched alkanes of at least 4 members (excludes halogenated alkanes) is 3. The van der Waals surface area contributed by atoms with Crippen molar-refractivity contribution < 1.29 is 13.2 Å². The third-order valence-corrected chi connectivity index (χ3v) is 8.30. The predicted octanol–water partition coefficient (Wildman–Crippen LogP) is 5.97. The molecule has 0 spiro atoms. The molecular formula is C14H29F3P+. The lowest BCUT2D eigenvalue weighted by Crippen LogP contribution is -2.23. The quantitative estimate of drug-likeness (QED) is 0.434. The maximum absolute atomic E-state index is 12.9. The van der Waals surface area contributed by atoms with Gasteiger partial charge in [0.1, 0.15) is 0 Å². The third-order valence-electron chi connectivity index (χ3n) is 3.47. The van der Waals surface area contributed by atoms with Crippen LogP contribution in [-0.4, -0.2) is 30.8 Å². The Morgan fingerprint density at radius 1 is 0.722 bits per heavy atom. The average Bonchev–Trinajstić information content (AvgIpc) is 2.29. The van der Waals surface area contributed by atoms with E-state index in [2.05, 4.69) is 20.8 Å². The normalized spacial score (nSPS) is 13.0. The van der Waals surface area contributed by atoms with Crippen molar-refractivity contribution in [3.63, 3.8) is 0 Å². The molecular weight excluding hydrogens is 256 g/mol. The van der Waals surface area contributed by atoms with Crippen LogP contribution in [0.2, 0.25) is 0 Å². The zero-order valence-electron chi connectivity index (χ0n) is 12.2. The second-order valence-electron chi connectivity index (χ2n) is 5.35. The van der Waals surface area contributed by atoms with E-state index in [1.807, 2.05) is 0 Å². The molecule has 0 heterocycles. The van der Waals surface area contributed by atoms with Crippen molar-refractivity contribution in [1.29, 1.82) is 0 Å². The van der Waals surface area contributed by atoms with E-state index in [0.29, 0.717) is 0 Å². The fourth-order valence-corrected chi connectivity index (χ4v) is 7.30. The van der Waals surface area contributed by atoms with Crippen LogP contribution in [0.1, 0.15) is 59.3 Å². The Kier molecular flexibility index (Phi) is 9.29. The van der Waals surface area contributed by atoms with Crippen LogP contribution in [0.15, 0.2) is 0 Å². The van der Waals surface area contributed by atoms with Crippen molar-refractivity contribution in [2.75, 3.05) is 24.6 Å². The van der Waals surface area contributed by atoms with E-state index in [4.69, 9.17) is 0 Å². The van der Waals surface area contributed by atoms with E-state index in [-0.39, 0.29) is 0 Å². The van der Waals surface area contributed by atoms with Crippen molar-refractivity contribution in [2.24, 2.45) is 0 Å². The first kappa shape index (κ1) is 18.2. The van der Waals surface area contributed by atoms with Gasteiger partial charge in [-0.15, -0.1) is 0 Å². The van der Waals surface area contributed by atoms with E-state index >= 15 is 0 Å². The molecule has 0 nitrogen and oxygen atoms in total. The van der Waals surface area contributed by atoms with Crippen molar-refractivity contribution in [3.05, 3.63) is 0 Å². The van der Waals surface area contributed by atoms with Crippen molar-refractivity contribution >= 4 is 7.26 Å². The standard InChI is InChI=1S/C14H29F3P/c1-4-7-10-18(11-8-5-2,12-9-6-3)13-14(15,16)17/h4-13H2,1-3H3/q+1. The van der Waals surface area contributed by atoms with Gasteiger partial charge >= 0.3 is 6.18 Å². The monoisotopic (exact) mass is 285 g/mol. The van der Waals surface area contributed by atoms with Gasteiger partial charge in [0.2, 0.25) is 0 Å². The lowest BCUT2D eigenvalue weighted by molar-refractivity contribution is -0.106. The molecule has 0 rings (SSSR count). The Morgan fingerprint density at radius 3 is 1.28 bits per heavy atom. The van der Waals surface area contributed by atoms with Gasteiger partial charge in [0.25, 0.3) is 0 Å². The van der Waals surface area contributed by atoms with Gasteiger partial charge in [-0.3, -0.25) is 0 Å². The topological polar surface area (TPSA) is 0 Å². The van der Waals surface area contributed by atoms with Crippen LogP contribution in [-0.2, 0) is 0 Å². The van der Waals surface area contributed by atoms with E-state index < -0.39 is 19.6 Å². The summed E-state index contributed by atoms with van der Waals surface area (Å²) in [5, 5.41) is 0. The molecule has 0 aliphatic heterocycles. The Hall–Kier alpha value is 0.220. The molecule has 18 heavy (non-hydrogen) atoms. The van der Waals surface area contributed by atoms with Crippen LogP contribution >= 0.6 is 7.26 Å². The summed E-state index contributed by atoms with van der Waals surface area (Å²) in [7, 11) is -1.79. The van der Waals surface area contributed by atoms with Crippen molar-refractivity contribution in [2.45, 2.75) is 65.5 Å². The third kappa shape index (κ3) is 8.34. The summed E-state index contributed by atoms with van der Waals surface area (Å²) in [4.78, 5) is 0. The molecule has 0 saturated heterocycles. The van der Waals surface area contributed by atoms with Crippen LogP contribution in [0.4, 0.5) is 13.2 Å². The molecule has 0 aromatic heterocycles. The maximum Gasteiger partial charge on any atom is 0.422 e. The predicted molar refractivity (Wildman–Crippen MR) is 77.2 cm³/mol. The van der Waals surface area contributed by atoms with Gasteiger partial charge in [0, 0.05) is 7.26 Å². The van der Waals surface area contributed by atoms with Gasteiger partial charge < -0.3 is 0 Å². The molecule has 0 amide bonds. The second-order valence-corrected chi connectivity index (χ2v) is 9.69. The summed E-state index contributed by atoms with van der Waals surface area (Å²) >= 11 is 0. The molecule has 0 aliphatic carbocycles. The molecule has 0 aromatic rings. The first-order valence-corrected chi connectivity index (χ1v) is 9.84. The molecule has 0 radical (unpaired) electrons. The molecule has 4 heteroatoms. The molecule has 0 atom stereocenters. The number of alkyl halides is 3. The lowest BCUT2D eigenvalue weighted by atomic mass is 10.4. The van der Waals surface area contributed by atoms with E-state index in [1.165, 1.54) is 0 Å². The van der Waals surface area contributed by atoms with Gasteiger partial charge in [-0.1, -0.05) is 40.0 Å². The first-order valence-electron chi connectivity index (χ1n) is 7.31. The fraction of sp³-hybridized carbons (Fsp3) is 1.00. The zero-order valence-corrected chi connectivity index (χ0v) is 13.0. The largest absolute Gasteiger partial charge is 0.422 e. The van der Waals surface area contributed by atoms with Crippen LogP contribution in [0.3, 0.4) is 0 Å². The highest BCUT2D eigenvalue weighted by Crippen LogP contribution is 2.63. The minimum atomic E-state index is -3.97. The number of hydrogen-bond acceptors (Lipinski definition) is 0. The number of hydrogen-bond donors (Lipinski definition) is 0. The van der Waals surface area contributed by atoms with E-state index in [0.717, 1.165) is 57.0 Å². The smallest absolute Gasteiger partial charge is 0.167 e. The van der Waals surface area contributed by atoms with Crippen molar-refractivity contribution in [1.82, 2.24) is 0 Å². The SMILES string of the molecule is CCCC[P+](CCCC)(CCCC)CC(F)(F)F. The average molecular weight is 285 g/mol. The Bertz CT molecular complexity index is 180. The maximum atomic E-state index is 12.9.